The minimum absolute atomic E-state index is 0.135. The zero-order valence-electron chi connectivity index (χ0n) is 14.3. The highest BCUT2D eigenvalue weighted by atomic mass is 16.2. The predicted octanol–water partition coefficient (Wildman–Crippen LogP) is 1.46. The van der Waals surface area contributed by atoms with Crippen molar-refractivity contribution in [3.8, 4) is 0 Å². The lowest BCUT2D eigenvalue weighted by molar-refractivity contribution is -0.140. The number of carbonyl (C=O) groups excluding carboxylic acids is 4. The smallest absolute Gasteiger partial charge is 0.250 e. The zero-order valence-corrected chi connectivity index (χ0v) is 14.3. The molecule has 0 aromatic heterocycles. The summed E-state index contributed by atoms with van der Waals surface area (Å²) in [5, 5.41) is 2.65. The normalized spacial score (nSPS) is 21.6. The second kappa shape index (κ2) is 7.51. The summed E-state index contributed by atoms with van der Waals surface area (Å²) in [6.45, 7) is 0.232. The maximum absolute atomic E-state index is 12.4. The lowest BCUT2D eigenvalue weighted by Crippen LogP contribution is -2.32. The van der Waals surface area contributed by atoms with E-state index in [1.165, 1.54) is 11.0 Å². The summed E-state index contributed by atoms with van der Waals surface area (Å²) < 4.78 is 0. The Hall–Kier alpha value is -2.96. The van der Waals surface area contributed by atoms with Gasteiger partial charge in [0.25, 0.3) is 5.91 Å². The first-order valence-electron chi connectivity index (χ1n) is 8.68. The number of nitrogens with one attached hydrogen (secondary N) is 1. The van der Waals surface area contributed by atoms with Gasteiger partial charge in [0.05, 0.1) is 23.1 Å². The highest BCUT2D eigenvalue weighted by Crippen LogP contribution is 2.35. The van der Waals surface area contributed by atoms with E-state index in [-0.39, 0.29) is 48.1 Å². The molecule has 7 heteroatoms. The number of para-hydroxylation sites is 1. The van der Waals surface area contributed by atoms with Crippen molar-refractivity contribution >= 4 is 29.3 Å². The second-order valence-electron chi connectivity index (χ2n) is 6.55. The molecule has 0 saturated carbocycles. The number of amides is 4. The van der Waals surface area contributed by atoms with Crippen LogP contribution in [0.15, 0.2) is 36.4 Å². The molecule has 1 fully saturated rings. The van der Waals surface area contributed by atoms with E-state index in [2.05, 4.69) is 5.32 Å². The fourth-order valence-electron chi connectivity index (χ4n) is 3.51. The molecule has 136 valence electrons. The Morgan fingerprint density at radius 1 is 1.08 bits per heavy atom. The summed E-state index contributed by atoms with van der Waals surface area (Å²) in [7, 11) is 0. The number of hydrogen-bond donors (Lipinski definition) is 2. The number of nitrogens with zero attached hydrogens (tertiary/aromatic N) is 1. The number of likely N-dealkylation sites (tertiary alicyclic amines) is 1. The summed E-state index contributed by atoms with van der Waals surface area (Å²) in [6, 6.07) is 6.49. The molecular formula is C19H21N3O4. The van der Waals surface area contributed by atoms with E-state index in [0.717, 1.165) is 0 Å². The van der Waals surface area contributed by atoms with Crippen molar-refractivity contribution in [3.63, 3.8) is 0 Å². The van der Waals surface area contributed by atoms with E-state index in [1.54, 1.807) is 18.2 Å². The third kappa shape index (κ3) is 3.51. The Kier molecular flexibility index (Phi) is 5.16. The van der Waals surface area contributed by atoms with Gasteiger partial charge in [-0.1, -0.05) is 24.3 Å². The van der Waals surface area contributed by atoms with Gasteiger partial charge in [0.2, 0.25) is 17.7 Å². The van der Waals surface area contributed by atoms with Crippen molar-refractivity contribution < 1.29 is 19.2 Å². The molecule has 2 aliphatic rings. The minimum Gasteiger partial charge on any atom is -0.366 e. The maximum atomic E-state index is 12.4. The van der Waals surface area contributed by atoms with Crippen LogP contribution in [0.5, 0.6) is 0 Å². The van der Waals surface area contributed by atoms with E-state index in [0.29, 0.717) is 24.9 Å². The van der Waals surface area contributed by atoms with Crippen LogP contribution in [0.2, 0.25) is 0 Å². The van der Waals surface area contributed by atoms with Crippen molar-refractivity contribution in [2.75, 3.05) is 11.9 Å². The number of nitrogens with two attached hydrogens (primary N) is 1. The van der Waals surface area contributed by atoms with E-state index < -0.39 is 5.91 Å². The van der Waals surface area contributed by atoms with Crippen molar-refractivity contribution in [2.24, 2.45) is 17.6 Å². The molecule has 1 saturated heterocycles. The monoisotopic (exact) mass is 355 g/mol. The lowest BCUT2D eigenvalue weighted by Gasteiger charge is -2.14. The lowest BCUT2D eigenvalue weighted by atomic mass is 9.85. The Bertz CT molecular complexity index is 761. The Morgan fingerprint density at radius 2 is 1.69 bits per heavy atom. The average Bonchev–Trinajstić information content (AvgIpc) is 2.87. The predicted molar refractivity (Wildman–Crippen MR) is 94.9 cm³/mol. The summed E-state index contributed by atoms with van der Waals surface area (Å²) in [5.41, 5.74) is 5.88. The van der Waals surface area contributed by atoms with E-state index >= 15 is 0 Å². The average molecular weight is 355 g/mol. The van der Waals surface area contributed by atoms with Crippen LogP contribution in [-0.2, 0) is 14.4 Å². The third-order valence-electron chi connectivity index (χ3n) is 4.85. The molecule has 26 heavy (non-hydrogen) atoms. The van der Waals surface area contributed by atoms with E-state index in [9.17, 15) is 19.2 Å². The fourth-order valence-corrected chi connectivity index (χ4v) is 3.51. The molecule has 3 rings (SSSR count). The molecule has 0 spiro atoms. The van der Waals surface area contributed by atoms with Crippen LogP contribution in [0, 0.1) is 11.8 Å². The van der Waals surface area contributed by atoms with Gasteiger partial charge in [0.15, 0.2) is 0 Å². The molecule has 1 aromatic carbocycles. The Morgan fingerprint density at radius 3 is 2.31 bits per heavy atom. The number of imide groups is 1. The number of primary amides is 1. The summed E-state index contributed by atoms with van der Waals surface area (Å²) in [6.07, 6.45) is 5.61. The van der Waals surface area contributed by atoms with Crippen LogP contribution in [0.3, 0.4) is 0 Å². The van der Waals surface area contributed by atoms with Crippen molar-refractivity contribution in [2.45, 2.75) is 25.7 Å². The van der Waals surface area contributed by atoms with Crippen LogP contribution in [0.25, 0.3) is 0 Å². The number of benzene rings is 1. The Balaban J connectivity index is 1.52. The Labute approximate surface area is 151 Å². The van der Waals surface area contributed by atoms with Crippen LogP contribution in [-0.4, -0.2) is 35.1 Å². The van der Waals surface area contributed by atoms with Crippen LogP contribution in [0.1, 0.15) is 36.0 Å². The summed E-state index contributed by atoms with van der Waals surface area (Å²) >= 11 is 0. The van der Waals surface area contributed by atoms with Gasteiger partial charge in [0, 0.05) is 13.0 Å². The zero-order chi connectivity index (χ0) is 18.7. The number of carbonyl (C=O) groups is 4. The molecule has 7 nitrogen and oxygen atoms in total. The number of allylic oxidation sites excluding steroid dienone is 2. The first-order valence-corrected chi connectivity index (χ1v) is 8.68. The van der Waals surface area contributed by atoms with Crippen LogP contribution >= 0.6 is 0 Å². The third-order valence-corrected chi connectivity index (χ3v) is 4.85. The van der Waals surface area contributed by atoms with Gasteiger partial charge in [-0.15, -0.1) is 0 Å². The van der Waals surface area contributed by atoms with Crippen molar-refractivity contribution in [1.29, 1.82) is 0 Å². The molecule has 2 atom stereocenters. The standard InChI is InChI=1S/C19H21N3O4/c20-17(24)14-8-3-4-9-15(14)21-16(23)10-5-11-22-18(25)12-6-1-2-7-13(12)19(22)26/h1-4,8-9,12-13H,5-7,10-11H2,(H2,20,24)(H,21,23)/t12-,13-/m0/s1. The largest absolute Gasteiger partial charge is 0.366 e. The van der Waals surface area contributed by atoms with E-state index in [4.69, 9.17) is 5.73 Å². The fraction of sp³-hybridized carbons (Fsp3) is 0.368. The van der Waals surface area contributed by atoms with Gasteiger partial charge in [-0.3, -0.25) is 24.1 Å². The van der Waals surface area contributed by atoms with Gasteiger partial charge in [-0.25, -0.2) is 0 Å². The van der Waals surface area contributed by atoms with E-state index in [1.807, 2.05) is 12.2 Å². The summed E-state index contributed by atoms with van der Waals surface area (Å²) in [5.74, 6) is -1.68. The topological polar surface area (TPSA) is 110 Å². The van der Waals surface area contributed by atoms with Gasteiger partial charge >= 0.3 is 0 Å². The maximum Gasteiger partial charge on any atom is 0.250 e. The summed E-state index contributed by atoms with van der Waals surface area (Å²) in [4.78, 5) is 49.5. The molecule has 4 amide bonds. The van der Waals surface area contributed by atoms with Gasteiger partial charge in [-0.05, 0) is 31.4 Å². The number of anilines is 1. The van der Waals surface area contributed by atoms with Gasteiger partial charge in [-0.2, -0.15) is 0 Å². The van der Waals surface area contributed by atoms with Crippen LogP contribution in [0.4, 0.5) is 5.69 Å². The highest BCUT2D eigenvalue weighted by molar-refractivity contribution is 6.05. The van der Waals surface area contributed by atoms with Crippen LogP contribution < -0.4 is 11.1 Å². The quantitative estimate of drug-likeness (QED) is 0.594. The SMILES string of the molecule is NC(=O)c1ccccc1NC(=O)CCCN1C(=O)[C@H]2CC=CC[C@@H]2C1=O. The molecule has 1 aromatic rings. The molecule has 0 bridgehead atoms. The van der Waals surface area contributed by atoms with Crippen molar-refractivity contribution in [3.05, 3.63) is 42.0 Å². The first-order chi connectivity index (χ1) is 12.5. The molecule has 0 radical (unpaired) electrons. The molecule has 1 heterocycles. The first kappa shape index (κ1) is 17.8. The number of hydrogen-bond acceptors (Lipinski definition) is 4. The number of fused-ring (bicyclic) bond motifs is 1. The number of rotatable bonds is 6. The van der Waals surface area contributed by atoms with Gasteiger partial charge in [0.1, 0.15) is 0 Å². The molecule has 3 N–H and O–H groups in total. The minimum atomic E-state index is -0.620. The van der Waals surface area contributed by atoms with Gasteiger partial charge < -0.3 is 11.1 Å². The molecular weight excluding hydrogens is 334 g/mol. The molecule has 0 unspecified atom stereocenters. The highest BCUT2D eigenvalue weighted by Gasteiger charge is 2.46. The van der Waals surface area contributed by atoms with Crippen molar-refractivity contribution in [1.82, 2.24) is 4.90 Å². The second-order valence-corrected chi connectivity index (χ2v) is 6.55. The molecule has 1 aliphatic heterocycles. The molecule has 1 aliphatic carbocycles.